The van der Waals surface area contributed by atoms with Crippen molar-refractivity contribution in [3.63, 3.8) is 0 Å². The zero-order chi connectivity index (χ0) is 24.0. The van der Waals surface area contributed by atoms with Gasteiger partial charge in [-0.2, -0.15) is 18.2 Å². The number of carbonyl (C=O) groups excluding carboxylic acids is 2. The third-order valence-corrected chi connectivity index (χ3v) is 5.76. The Morgan fingerprint density at radius 1 is 1.15 bits per heavy atom. The minimum absolute atomic E-state index is 0.0734. The molecule has 1 unspecified atom stereocenters. The summed E-state index contributed by atoms with van der Waals surface area (Å²) in [5.74, 6) is -0.0619. The highest BCUT2D eigenvalue weighted by Crippen LogP contribution is 2.31. The summed E-state index contributed by atoms with van der Waals surface area (Å²) in [5.41, 5.74) is -0.682. The third kappa shape index (κ3) is 6.55. The second kappa shape index (κ2) is 10.8. The molecule has 33 heavy (non-hydrogen) atoms. The molecule has 0 bridgehead atoms. The number of hydrogen-bond acceptors (Lipinski definition) is 5. The van der Waals surface area contributed by atoms with Crippen molar-refractivity contribution in [1.29, 1.82) is 0 Å². The molecular formula is C23H29F3N4O3. The van der Waals surface area contributed by atoms with E-state index in [9.17, 15) is 22.8 Å². The fourth-order valence-electron chi connectivity index (χ4n) is 3.92. The van der Waals surface area contributed by atoms with Crippen molar-refractivity contribution in [2.24, 2.45) is 0 Å². The molecule has 0 N–H and O–H groups in total. The van der Waals surface area contributed by atoms with Crippen molar-refractivity contribution in [2.75, 3.05) is 19.6 Å². The second-order valence-electron chi connectivity index (χ2n) is 8.36. The van der Waals surface area contributed by atoms with Crippen LogP contribution < -0.4 is 0 Å². The summed E-state index contributed by atoms with van der Waals surface area (Å²) >= 11 is 0. The molecule has 1 saturated heterocycles. The van der Waals surface area contributed by atoms with Gasteiger partial charge in [0, 0.05) is 37.7 Å². The molecule has 1 aliphatic heterocycles. The van der Waals surface area contributed by atoms with Gasteiger partial charge in [0.25, 0.3) is 5.89 Å². The van der Waals surface area contributed by atoms with Gasteiger partial charge in [0.05, 0.1) is 12.0 Å². The SMILES string of the molecule is CCCCCCC(=O)N1CCN(C(=O)Cc2noc(-c3cccc(C(F)(F)F)c3)n2)CC1C. The highest BCUT2D eigenvalue weighted by molar-refractivity contribution is 5.80. The van der Waals surface area contributed by atoms with E-state index in [1.807, 2.05) is 11.8 Å². The highest BCUT2D eigenvalue weighted by atomic mass is 19.4. The molecule has 7 nitrogen and oxygen atoms in total. The van der Waals surface area contributed by atoms with Crippen molar-refractivity contribution >= 4 is 11.8 Å². The zero-order valence-corrected chi connectivity index (χ0v) is 18.9. The predicted molar refractivity (Wildman–Crippen MR) is 115 cm³/mol. The van der Waals surface area contributed by atoms with E-state index >= 15 is 0 Å². The number of carbonyl (C=O) groups is 2. The first-order valence-electron chi connectivity index (χ1n) is 11.3. The summed E-state index contributed by atoms with van der Waals surface area (Å²) in [5, 5.41) is 3.75. The predicted octanol–water partition coefficient (Wildman–Crippen LogP) is 4.33. The van der Waals surface area contributed by atoms with Crippen LogP contribution in [0.15, 0.2) is 28.8 Å². The van der Waals surface area contributed by atoms with Crippen molar-refractivity contribution in [2.45, 2.75) is 64.6 Å². The number of halogens is 3. The van der Waals surface area contributed by atoms with E-state index < -0.39 is 11.7 Å². The molecule has 2 heterocycles. The fraction of sp³-hybridized carbons (Fsp3) is 0.565. The van der Waals surface area contributed by atoms with Gasteiger partial charge in [-0.05, 0) is 31.5 Å². The Balaban J connectivity index is 1.55. The first-order chi connectivity index (χ1) is 15.7. The molecule has 2 amide bonds. The Morgan fingerprint density at radius 2 is 1.94 bits per heavy atom. The lowest BCUT2D eigenvalue weighted by Gasteiger charge is -2.40. The van der Waals surface area contributed by atoms with Gasteiger partial charge in [0.1, 0.15) is 0 Å². The van der Waals surface area contributed by atoms with E-state index in [0.717, 1.165) is 37.8 Å². The summed E-state index contributed by atoms with van der Waals surface area (Å²) in [6.45, 7) is 5.35. The molecule has 1 aromatic carbocycles. The summed E-state index contributed by atoms with van der Waals surface area (Å²) < 4.78 is 43.9. The van der Waals surface area contributed by atoms with Gasteiger partial charge in [-0.1, -0.05) is 37.4 Å². The molecule has 0 radical (unpaired) electrons. The number of nitrogens with zero attached hydrogens (tertiary/aromatic N) is 4. The minimum Gasteiger partial charge on any atom is -0.338 e. The van der Waals surface area contributed by atoms with Crippen LogP contribution in [-0.2, 0) is 22.2 Å². The van der Waals surface area contributed by atoms with Crippen LogP contribution >= 0.6 is 0 Å². The van der Waals surface area contributed by atoms with E-state index in [2.05, 4.69) is 17.1 Å². The van der Waals surface area contributed by atoms with Crippen molar-refractivity contribution in [3.05, 3.63) is 35.7 Å². The van der Waals surface area contributed by atoms with E-state index in [0.29, 0.717) is 26.1 Å². The molecule has 3 rings (SSSR count). The van der Waals surface area contributed by atoms with Gasteiger partial charge >= 0.3 is 6.18 Å². The van der Waals surface area contributed by atoms with Gasteiger partial charge in [-0.3, -0.25) is 9.59 Å². The summed E-state index contributed by atoms with van der Waals surface area (Å²) in [6, 6.07) is 4.50. The van der Waals surface area contributed by atoms with Gasteiger partial charge in [-0.15, -0.1) is 0 Å². The molecule has 0 saturated carbocycles. The molecule has 0 spiro atoms. The molecule has 1 aromatic heterocycles. The fourth-order valence-corrected chi connectivity index (χ4v) is 3.92. The molecule has 2 aromatic rings. The zero-order valence-electron chi connectivity index (χ0n) is 18.9. The van der Waals surface area contributed by atoms with E-state index in [4.69, 9.17) is 4.52 Å². The monoisotopic (exact) mass is 466 g/mol. The van der Waals surface area contributed by atoms with Crippen molar-refractivity contribution < 1.29 is 27.3 Å². The van der Waals surface area contributed by atoms with Gasteiger partial charge in [0.2, 0.25) is 11.8 Å². The Labute approximate surface area is 190 Å². The third-order valence-electron chi connectivity index (χ3n) is 5.76. The van der Waals surface area contributed by atoms with Crippen LogP contribution in [0.5, 0.6) is 0 Å². The Bertz CT molecular complexity index is 960. The lowest BCUT2D eigenvalue weighted by Crippen LogP contribution is -2.55. The van der Waals surface area contributed by atoms with E-state index in [1.54, 1.807) is 4.90 Å². The number of alkyl halides is 3. The number of amides is 2. The standard InChI is InChI=1S/C23H29F3N4O3/c1-3-4-5-6-10-20(31)30-12-11-29(15-16(30)2)21(32)14-19-27-22(33-28-19)17-8-7-9-18(13-17)23(24,25)26/h7-9,13,16H,3-6,10-12,14-15H2,1-2H3. The molecular weight excluding hydrogens is 437 g/mol. The number of unbranched alkanes of at least 4 members (excludes halogenated alkanes) is 3. The average molecular weight is 467 g/mol. The summed E-state index contributed by atoms with van der Waals surface area (Å²) in [7, 11) is 0. The minimum atomic E-state index is -4.48. The topological polar surface area (TPSA) is 79.5 Å². The van der Waals surface area contributed by atoms with Crippen molar-refractivity contribution in [1.82, 2.24) is 19.9 Å². The van der Waals surface area contributed by atoms with Crippen LogP contribution in [0.25, 0.3) is 11.5 Å². The molecule has 10 heteroatoms. The van der Waals surface area contributed by atoms with E-state index in [-0.39, 0.29) is 41.6 Å². The molecule has 1 fully saturated rings. The van der Waals surface area contributed by atoms with Crippen LogP contribution in [0, 0.1) is 0 Å². The number of aromatic nitrogens is 2. The second-order valence-corrected chi connectivity index (χ2v) is 8.36. The highest BCUT2D eigenvalue weighted by Gasteiger charge is 2.32. The first-order valence-corrected chi connectivity index (χ1v) is 11.3. The van der Waals surface area contributed by atoms with Crippen LogP contribution in [0.1, 0.15) is 57.3 Å². The van der Waals surface area contributed by atoms with Crippen LogP contribution in [-0.4, -0.2) is 57.4 Å². The normalized spacial score (nSPS) is 16.8. The van der Waals surface area contributed by atoms with Crippen LogP contribution in [0.2, 0.25) is 0 Å². The first kappa shape index (κ1) is 24.7. The maximum atomic E-state index is 12.9. The molecule has 1 aliphatic rings. The number of hydrogen-bond donors (Lipinski definition) is 0. The Morgan fingerprint density at radius 3 is 2.64 bits per heavy atom. The maximum Gasteiger partial charge on any atom is 0.416 e. The van der Waals surface area contributed by atoms with Crippen LogP contribution in [0.4, 0.5) is 13.2 Å². The Kier molecular flexibility index (Phi) is 8.10. The van der Waals surface area contributed by atoms with E-state index in [1.165, 1.54) is 12.1 Å². The Hall–Kier alpha value is -2.91. The molecule has 1 atom stereocenters. The number of rotatable bonds is 8. The van der Waals surface area contributed by atoms with Crippen molar-refractivity contribution in [3.8, 4) is 11.5 Å². The number of piperazine rings is 1. The summed E-state index contributed by atoms with van der Waals surface area (Å²) in [4.78, 5) is 32.8. The van der Waals surface area contributed by atoms with Gasteiger partial charge < -0.3 is 14.3 Å². The maximum absolute atomic E-state index is 12.9. The number of benzene rings is 1. The largest absolute Gasteiger partial charge is 0.416 e. The quantitative estimate of drug-likeness (QED) is 0.541. The molecule has 180 valence electrons. The van der Waals surface area contributed by atoms with Crippen LogP contribution in [0.3, 0.4) is 0 Å². The summed E-state index contributed by atoms with van der Waals surface area (Å²) in [6.07, 6.45) is 0.0842. The lowest BCUT2D eigenvalue weighted by molar-refractivity contribution is -0.142. The molecule has 0 aliphatic carbocycles. The average Bonchev–Trinajstić information content (AvgIpc) is 3.24. The van der Waals surface area contributed by atoms with Gasteiger partial charge in [-0.25, -0.2) is 0 Å². The smallest absolute Gasteiger partial charge is 0.338 e. The lowest BCUT2D eigenvalue weighted by atomic mass is 10.1. The van der Waals surface area contributed by atoms with Gasteiger partial charge in [0.15, 0.2) is 5.82 Å².